The van der Waals surface area contributed by atoms with Gasteiger partial charge in [-0.2, -0.15) is 0 Å². The molecule has 0 aliphatic carbocycles. The predicted octanol–water partition coefficient (Wildman–Crippen LogP) is 2.81. The number of likely N-dealkylation sites (tertiary alicyclic amines) is 1. The average Bonchev–Trinajstić information content (AvgIpc) is 2.67. The van der Waals surface area contributed by atoms with Crippen LogP contribution in [0.1, 0.15) is 43.7 Å². The van der Waals surface area contributed by atoms with Gasteiger partial charge in [0.05, 0.1) is 5.92 Å². The summed E-state index contributed by atoms with van der Waals surface area (Å²) in [6.45, 7) is 6.62. The van der Waals surface area contributed by atoms with Crippen LogP contribution in [0.4, 0.5) is 0 Å². The molecule has 0 saturated carbocycles. The second-order valence-corrected chi connectivity index (χ2v) is 7.47. The number of halogens is 1. The minimum absolute atomic E-state index is 0. The minimum atomic E-state index is -0.170. The summed E-state index contributed by atoms with van der Waals surface area (Å²) in [5.74, 6) is 0.746. The maximum Gasteiger partial charge on any atom is 0.221 e. The zero-order valence-electron chi connectivity index (χ0n) is 17.5. The van der Waals surface area contributed by atoms with Gasteiger partial charge in [-0.1, -0.05) is 37.6 Å². The molecule has 158 valence electrons. The van der Waals surface area contributed by atoms with Gasteiger partial charge in [-0.05, 0) is 36.9 Å². The van der Waals surface area contributed by atoms with Gasteiger partial charge in [-0.3, -0.25) is 14.7 Å². The highest BCUT2D eigenvalue weighted by molar-refractivity contribution is 14.0. The van der Waals surface area contributed by atoms with Gasteiger partial charge in [0.25, 0.3) is 0 Å². The number of benzene rings is 1. The van der Waals surface area contributed by atoms with E-state index in [0.717, 1.165) is 57.9 Å². The van der Waals surface area contributed by atoms with Crippen LogP contribution in [-0.4, -0.2) is 55.4 Å². The van der Waals surface area contributed by atoms with E-state index in [1.165, 1.54) is 17.5 Å². The molecule has 1 heterocycles. The van der Waals surface area contributed by atoms with E-state index < -0.39 is 0 Å². The smallest absolute Gasteiger partial charge is 0.221 e. The van der Waals surface area contributed by atoms with Gasteiger partial charge < -0.3 is 16.0 Å². The highest BCUT2D eigenvalue weighted by atomic mass is 127. The number of hydrogen-bond acceptors (Lipinski definition) is 3. The van der Waals surface area contributed by atoms with E-state index >= 15 is 0 Å². The largest absolute Gasteiger partial charge is 0.369 e. The van der Waals surface area contributed by atoms with Gasteiger partial charge in [0.15, 0.2) is 5.96 Å². The van der Waals surface area contributed by atoms with Gasteiger partial charge in [0.2, 0.25) is 5.91 Å². The van der Waals surface area contributed by atoms with Crippen molar-refractivity contribution in [1.82, 2.24) is 15.1 Å². The Morgan fingerprint density at radius 2 is 2.14 bits per heavy atom. The summed E-state index contributed by atoms with van der Waals surface area (Å²) in [6.07, 6.45) is 4.29. The van der Waals surface area contributed by atoms with Crippen LogP contribution in [0.3, 0.4) is 0 Å². The number of guanidine groups is 1. The Kier molecular flexibility index (Phi) is 11.4. The summed E-state index contributed by atoms with van der Waals surface area (Å²) in [5, 5.41) is 3.45. The number of aliphatic imine (C=N–C) groups is 1. The molecule has 1 atom stereocenters. The van der Waals surface area contributed by atoms with Gasteiger partial charge in [-0.25, -0.2) is 0 Å². The molecular weight excluding hydrogens is 465 g/mol. The number of primary amides is 1. The van der Waals surface area contributed by atoms with Crippen molar-refractivity contribution < 1.29 is 4.79 Å². The molecule has 0 radical (unpaired) electrons. The summed E-state index contributed by atoms with van der Waals surface area (Å²) < 4.78 is 0. The lowest BCUT2D eigenvalue weighted by molar-refractivity contribution is -0.123. The number of nitrogens with zero attached hydrogens (tertiary/aromatic N) is 3. The number of rotatable bonds is 8. The first kappa shape index (κ1) is 24.7. The summed E-state index contributed by atoms with van der Waals surface area (Å²) in [4.78, 5) is 20.4. The molecule has 1 saturated heterocycles. The fraction of sp³-hybridized carbons (Fsp3) is 0.619. The van der Waals surface area contributed by atoms with Crippen molar-refractivity contribution in [2.45, 2.75) is 45.7 Å². The third kappa shape index (κ3) is 7.95. The number of amides is 1. The number of nitrogens with one attached hydrogen (secondary N) is 1. The van der Waals surface area contributed by atoms with Crippen LogP contribution in [-0.2, 0) is 17.9 Å². The maximum atomic E-state index is 11.5. The lowest BCUT2D eigenvalue weighted by atomic mass is 9.97. The maximum absolute atomic E-state index is 11.5. The first-order valence-corrected chi connectivity index (χ1v) is 10.0. The lowest BCUT2D eigenvalue weighted by Gasteiger charge is -2.31. The zero-order valence-corrected chi connectivity index (χ0v) is 19.8. The summed E-state index contributed by atoms with van der Waals surface area (Å²) in [7, 11) is 3.90. The lowest BCUT2D eigenvalue weighted by Crippen LogP contribution is -2.40. The third-order valence-electron chi connectivity index (χ3n) is 5.18. The van der Waals surface area contributed by atoms with Gasteiger partial charge >= 0.3 is 0 Å². The quantitative estimate of drug-likeness (QED) is 0.327. The second kappa shape index (κ2) is 13.0. The molecule has 1 aliphatic heterocycles. The molecular formula is C21H36IN5O. The SMILES string of the molecule is CCCCN(C)C(=NC)NCc1cccc(CN2CCCC(C(N)=O)C2)c1.I. The van der Waals surface area contributed by atoms with Crippen molar-refractivity contribution >= 4 is 35.8 Å². The highest BCUT2D eigenvalue weighted by Gasteiger charge is 2.23. The second-order valence-electron chi connectivity index (χ2n) is 7.47. The summed E-state index contributed by atoms with van der Waals surface area (Å²) >= 11 is 0. The van der Waals surface area contributed by atoms with Crippen LogP contribution < -0.4 is 11.1 Å². The number of unbranched alkanes of at least 4 members (excludes halogenated alkanes) is 1. The Balaban J connectivity index is 0.00000392. The molecule has 2 rings (SSSR count). The molecule has 0 aromatic heterocycles. The number of hydrogen-bond donors (Lipinski definition) is 2. The number of nitrogens with two attached hydrogens (primary N) is 1. The van der Waals surface area contributed by atoms with E-state index in [0.29, 0.717) is 0 Å². The first-order valence-electron chi connectivity index (χ1n) is 10.0. The molecule has 0 spiro atoms. The molecule has 1 aromatic rings. The van der Waals surface area contributed by atoms with Gasteiger partial charge in [-0.15, -0.1) is 24.0 Å². The minimum Gasteiger partial charge on any atom is -0.369 e. The molecule has 1 amide bonds. The Morgan fingerprint density at radius 3 is 2.82 bits per heavy atom. The van der Waals surface area contributed by atoms with Gasteiger partial charge in [0, 0.05) is 40.3 Å². The van der Waals surface area contributed by atoms with Crippen molar-refractivity contribution in [1.29, 1.82) is 0 Å². The summed E-state index contributed by atoms with van der Waals surface area (Å²) in [5.41, 5.74) is 8.00. The fourth-order valence-electron chi connectivity index (χ4n) is 3.59. The van der Waals surface area contributed by atoms with E-state index in [2.05, 4.69) is 58.3 Å². The van der Waals surface area contributed by atoms with Crippen molar-refractivity contribution in [3.05, 3.63) is 35.4 Å². The molecule has 0 bridgehead atoms. The van der Waals surface area contributed by atoms with Crippen molar-refractivity contribution in [3.63, 3.8) is 0 Å². The molecule has 1 fully saturated rings. The van der Waals surface area contributed by atoms with E-state index in [-0.39, 0.29) is 35.8 Å². The van der Waals surface area contributed by atoms with Crippen LogP contribution in [0, 0.1) is 5.92 Å². The molecule has 7 heteroatoms. The molecule has 1 unspecified atom stereocenters. The van der Waals surface area contributed by atoms with Crippen molar-refractivity contribution in [3.8, 4) is 0 Å². The summed E-state index contributed by atoms with van der Waals surface area (Å²) in [6, 6.07) is 8.63. The van der Waals surface area contributed by atoms with Crippen molar-refractivity contribution in [2.75, 3.05) is 33.7 Å². The predicted molar refractivity (Wildman–Crippen MR) is 127 cm³/mol. The Hall–Kier alpha value is -1.35. The highest BCUT2D eigenvalue weighted by Crippen LogP contribution is 2.18. The van der Waals surface area contributed by atoms with Crippen LogP contribution in [0.2, 0.25) is 0 Å². The van der Waals surface area contributed by atoms with Crippen LogP contribution >= 0.6 is 24.0 Å². The fourth-order valence-corrected chi connectivity index (χ4v) is 3.59. The normalized spacial score (nSPS) is 17.7. The standard InChI is InChI=1S/C21H35N5O.HI/c1-4-5-11-25(3)21(23-2)24-14-17-8-6-9-18(13-17)15-26-12-7-10-19(16-26)20(22)27;/h6,8-9,13,19H,4-5,7,10-12,14-16H2,1-3H3,(H2,22,27)(H,23,24);1H. The van der Waals surface area contributed by atoms with E-state index in [4.69, 9.17) is 5.73 Å². The Bertz CT molecular complexity index is 637. The van der Waals surface area contributed by atoms with Crippen LogP contribution in [0.15, 0.2) is 29.3 Å². The molecule has 1 aliphatic rings. The topological polar surface area (TPSA) is 74.0 Å². The molecule has 1 aromatic carbocycles. The monoisotopic (exact) mass is 501 g/mol. The molecule has 6 nitrogen and oxygen atoms in total. The van der Waals surface area contributed by atoms with Crippen LogP contribution in [0.25, 0.3) is 0 Å². The molecule has 28 heavy (non-hydrogen) atoms. The zero-order chi connectivity index (χ0) is 19.6. The van der Waals surface area contributed by atoms with Crippen LogP contribution in [0.5, 0.6) is 0 Å². The van der Waals surface area contributed by atoms with E-state index in [9.17, 15) is 4.79 Å². The Labute approximate surface area is 187 Å². The third-order valence-corrected chi connectivity index (χ3v) is 5.18. The van der Waals surface area contributed by atoms with E-state index in [1.54, 1.807) is 0 Å². The number of piperidine rings is 1. The van der Waals surface area contributed by atoms with Crippen molar-refractivity contribution in [2.24, 2.45) is 16.6 Å². The van der Waals surface area contributed by atoms with Gasteiger partial charge in [0.1, 0.15) is 0 Å². The van der Waals surface area contributed by atoms with E-state index in [1.807, 2.05) is 7.05 Å². The number of carbonyl (C=O) groups excluding carboxylic acids is 1. The first-order chi connectivity index (χ1) is 13.0. The Morgan fingerprint density at radius 1 is 1.39 bits per heavy atom. The average molecular weight is 501 g/mol. The molecule has 3 N–H and O–H groups in total. The number of carbonyl (C=O) groups is 1.